The van der Waals surface area contributed by atoms with Gasteiger partial charge in [0.2, 0.25) is 5.91 Å². The van der Waals surface area contributed by atoms with E-state index < -0.39 is 5.41 Å². The van der Waals surface area contributed by atoms with E-state index in [1.165, 1.54) is 0 Å². The molecule has 0 unspecified atom stereocenters. The van der Waals surface area contributed by atoms with E-state index in [1.807, 2.05) is 13.8 Å². The van der Waals surface area contributed by atoms with Crippen molar-refractivity contribution in [1.82, 2.24) is 4.90 Å². The van der Waals surface area contributed by atoms with Gasteiger partial charge < -0.3 is 9.64 Å². The first-order valence-corrected chi connectivity index (χ1v) is 5.98. The standard InChI is InChI=1S/C13H20N2O2/c1-4-15(9-11(2)3)12(16)13(10-14)5-7-17-8-6-13/h2,4-9H2,1,3H3. The zero-order chi connectivity index (χ0) is 12.9. The van der Waals surface area contributed by atoms with Crippen molar-refractivity contribution in [2.75, 3.05) is 26.3 Å². The number of nitriles is 1. The van der Waals surface area contributed by atoms with Gasteiger partial charge in [-0.25, -0.2) is 0 Å². The van der Waals surface area contributed by atoms with Crippen molar-refractivity contribution in [2.24, 2.45) is 5.41 Å². The van der Waals surface area contributed by atoms with E-state index in [-0.39, 0.29) is 5.91 Å². The topological polar surface area (TPSA) is 53.3 Å². The molecule has 1 amide bonds. The smallest absolute Gasteiger partial charge is 0.243 e. The first kappa shape index (κ1) is 13.7. The fraction of sp³-hybridized carbons (Fsp3) is 0.692. The van der Waals surface area contributed by atoms with Gasteiger partial charge in [-0.1, -0.05) is 12.2 Å². The monoisotopic (exact) mass is 236 g/mol. The number of carbonyl (C=O) groups excluding carboxylic acids is 1. The lowest BCUT2D eigenvalue weighted by atomic mass is 9.80. The predicted octanol–water partition coefficient (Wildman–Crippen LogP) is 1.73. The average Bonchev–Trinajstić information content (AvgIpc) is 2.35. The van der Waals surface area contributed by atoms with Crippen molar-refractivity contribution in [2.45, 2.75) is 26.7 Å². The van der Waals surface area contributed by atoms with Crippen LogP contribution in [0.15, 0.2) is 12.2 Å². The van der Waals surface area contributed by atoms with Crippen molar-refractivity contribution in [3.8, 4) is 6.07 Å². The van der Waals surface area contributed by atoms with Gasteiger partial charge in [0, 0.05) is 26.3 Å². The summed E-state index contributed by atoms with van der Waals surface area (Å²) in [5.41, 5.74) is 0.0457. The Hall–Kier alpha value is -1.34. The normalized spacial score (nSPS) is 18.2. The molecule has 4 nitrogen and oxygen atoms in total. The molecule has 4 heteroatoms. The Kier molecular flexibility index (Phi) is 4.71. The Morgan fingerprint density at radius 1 is 1.53 bits per heavy atom. The highest BCUT2D eigenvalue weighted by atomic mass is 16.5. The first-order valence-electron chi connectivity index (χ1n) is 5.98. The number of hydrogen-bond acceptors (Lipinski definition) is 3. The van der Waals surface area contributed by atoms with Gasteiger partial charge >= 0.3 is 0 Å². The molecule has 1 aliphatic heterocycles. The third kappa shape index (κ3) is 3.07. The number of ether oxygens (including phenoxy) is 1. The van der Waals surface area contributed by atoms with Gasteiger partial charge in [0.1, 0.15) is 5.41 Å². The molecule has 1 fully saturated rings. The molecule has 0 aliphatic carbocycles. The van der Waals surface area contributed by atoms with Gasteiger partial charge in [0.05, 0.1) is 6.07 Å². The lowest BCUT2D eigenvalue weighted by Crippen LogP contribution is -2.46. The van der Waals surface area contributed by atoms with Crippen LogP contribution in [0.25, 0.3) is 0 Å². The predicted molar refractivity (Wildman–Crippen MR) is 65.2 cm³/mol. The van der Waals surface area contributed by atoms with Crippen LogP contribution in [-0.4, -0.2) is 37.1 Å². The van der Waals surface area contributed by atoms with Crippen LogP contribution in [0.4, 0.5) is 0 Å². The number of hydrogen-bond donors (Lipinski definition) is 0. The highest BCUT2D eigenvalue weighted by Crippen LogP contribution is 2.32. The third-order valence-electron chi connectivity index (χ3n) is 3.10. The maximum Gasteiger partial charge on any atom is 0.243 e. The second-order valence-corrected chi connectivity index (χ2v) is 4.58. The molecule has 1 rings (SSSR count). The average molecular weight is 236 g/mol. The molecule has 0 aromatic carbocycles. The maximum absolute atomic E-state index is 12.4. The van der Waals surface area contributed by atoms with Gasteiger partial charge in [0.15, 0.2) is 0 Å². The second kappa shape index (κ2) is 5.83. The maximum atomic E-state index is 12.4. The summed E-state index contributed by atoms with van der Waals surface area (Å²) in [4.78, 5) is 14.1. The number of likely N-dealkylation sites (N-methyl/N-ethyl adjacent to an activating group) is 1. The number of rotatable bonds is 4. The summed E-state index contributed by atoms with van der Waals surface area (Å²) in [6.07, 6.45) is 0.990. The Morgan fingerprint density at radius 3 is 2.53 bits per heavy atom. The van der Waals surface area contributed by atoms with Crippen LogP contribution in [-0.2, 0) is 9.53 Å². The van der Waals surface area contributed by atoms with Gasteiger partial charge in [-0.15, -0.1) is 0 Å². The SMILES string of the molecule is C=C(C)CN(CC)C(=O)C1(C#N)CCOCC1. The molecular weight excluding hydrogens is 216 g/mol. The van der Waals surface area contributed by atoms with E-state index in [0.29, 0.717) is 39.1 Å². The fourth-order valence-electron chi connectivity index (χ4n) is 2.05. The largest absolute Gasteiger partial charge is 0.381 e. The summed E-state index contributed by atoms with van der Waals surface area (Å²) in [5, 5.41) is 9.31. The van der Waals surface area contributed by atoms with Gasteiger partial charge in [-0.05, 0) is 26.7 Å². The van der Waals surface area contributed by atoms with Crippen LogP contribution < -0.4 is 0 Å². The molecular formula is C13H20N2O2. The molecule has 17 heavy (non-hydrogen) atoms. The lowest BCUT2D eigenvalue weighted by Gasteiger charge is -2.34. The van der Waals surface area contributed by atoms with Crippen molar-refractivity contribution in [3.63, 3.8) is 0 Å². The molecule has 0 aromatic heterocycles. The molecule has 94 valence electrons. The van der Waals surface area contributed by atoms with E-state index in [4.69, 9.17) is 4.74 Å². The van der Waals surface area contributed by atoms with E-state index in [0.717, 1.165) is 5.57 Å². The highest BCUT2D eigenvalue weighted by Gasteiger charge is 2.42. The molecule has 0 saturated carbocycles. The zero-order valence-corrected chi connectivity index (χ0v) is 10.7. The number of amides is 1. The van der Waals surface area contributed by atoms with E-state index in [9.17, 15) is 10.1 Å². The van der Waals surface area contributed by atoms with E-state index in [2.05, 4.69) is 12.6 Å². The summed E-state index contributed by atoms with van der Waals surface area (Å²) in [7, 11) is 0. The fourth-order valence-corrected chi connectivity index (χ4v) is 2.05. The Morgan fingerprint density at radius 2 is 2.12 bits per heavy atom. The van der Waals surface area contributed by atoms with Crippen LogP contribution in [0.3, 0.4) is 0 Å². The second-order valence-electron chi connectivity index (χ2n) is 4.58. The van der Waals surface area contributed by atoms with Gasteiger partial charge in [-0.2, -0.15) is 5.26 Å². The summed E-state index contributed by atoms with van der Waals surface area (Å²) in [6, 6.07) is 2.20. The molecule has 0 aromatic rings. The Balaban J connectivity index is 2.83. The molecule has 0 N–H and O–H groups in total. The van der Waals surface area contributed by atoms with Gasteiger partial charge in [-0.3, -0.25) is 4.79 Å². The molecule has 0 radical (unpaired) electrons. The van der Waals surface area contributed by atoms with Crippen LogP contribution >= 0.6 is 0 Å². The van der Waals surface area contributed by atoms with Crippen LogP contribution in [0.2, 0.25) is 0 Å². The van der Waals surface area contributed by atoms with Crippen molar-refractivity contribution >= 4 is 5.91 Å². The quantitative estimate of drug-likeness (QED) is 0.698. The summed E-state index contributed by atoms with van der Waals surface area (Å²) in [5.74, 6) is -0.0752. The van der Waals surface area contributed by atoms with E-state index in [1.54, 1.807) is 4.90 Å². The third-order valence-corrected chi connectivity index (χ3v) is 3.10. The molecule has 1 saturated heterocycles. The minimum atomic E-state index is -0.885. The zero-order valence-electron chi connectivity index (χ0n) is 10.7. The highest BCUT2D eigenvalue weighted by molar-refractivity contribution is 5.85. The van der Waals surface area contributed by atoms with Crippen molar-refractivity contribution < 1.29 is 9.53 Å². The number of nitrogens with zero attached hydrogens (tertiary/aromatic N) is 2. The molecule has 1 aliphatic rings. The summed E-state index contributed by atoms with van der Waals surface area (Å²) < 4.78 is 5.23. The van der Waals surface area contributed by atoms with Crippen molar-refractivity contribution in [1.29, 1.82) is 5.26 Å². The van der Waals surface area contributed by atoms with E-state index >= 15 is 0 Å². The molecule has 0 spiro atoms. The molecule has 0 bridgehead atoms. The Labute approximate surface area is 103 Å². The summed E-state index contributed by atoms with van der Waals surface area (Å²) in [6.45, 7) is 9.74. The number of carbonyl (C=O) groups is 1. The molecule has 0 atom stereocenters. The Bertz CT molecular complexity index is 338. The first-order chi connectivity index (χ1) is 8.05. The van der Waals surface area contributed by atoms with Crippen LogP contribution in [0.1, 0.15) is 26.7 Å². The summed E-state index contributed by atoms with van der Waals surface area (Å²) >= 11 is 0. The molecule has 1 heterocycles. The minimum absolute atomic E-state index is 0.0752. The van der Waals surface area contributed by atoms with Crippen LogP contribution in [0, 0.1) is 16.7 Å². The lowest BCUT2D eigenvalue weighted by molar-refractivity contribution is -0.142. The van der Waals surface area contributed by atoms with Crippen molar-refractivity contribution in [3.05, 3.63) is 12.2 Å². The minimum Gasteiger partial charge on any atom is -0.381 e. The van der Waals surface area contributed by atoms with Gasteiger partial charge in [0.25, 0.3) is 0 Å². The van der Waals surface area contributed by atoms with Crippen LogP contribution in [0.5, 0.6) is 0 Å².